The van der Waals surface area contributed by atoms with E-state index in [9.17, 15) is 14.4 Å². The van der Waals surface area contributed by atoms with Gasteiger partial charge in [-0.25, -0.2) is 5.01 Å². The molecule has 0 spiro atoms. The molecular formula is C14H15N2O3. The van der Waals surface area contributed by atoms with Crippen molar-refractivity contribution in [3.63, 3.8) is 0 Å². The molecule has 1 aromatic rings. The number of benzene rings is 1. The summed E-state index contributed by atoms with van der Waals surface area (Å²) in [7, 11) is 0. The molecule has 0 aliphatic rings. The fraction of sp³-hybridized carbons (Fsp3) is 0.214. The molecule has 0 bridgehead atoms. The number of hydrazine groups is 1. The van der Waals surface area contributed by atoms with Crippen molar-refractivity contribution in [3.8, 4) is 0 Å². The van der Waals surface area contributed by atoms with E-state index in [0.717, 1.165) is 10.6 Å². The smallest absolute Gasteiger partial charge is 0.265 e. The summed E-state index contributed by atoms with van der Waals surface area (Å²) < 4.78 is 0. The Morgan fingerprint density at radius 2 is 2.00 bits per heavy atom. The fourth-order valence-electron chi connectivity index (χ4n) is 1.29. The Balaban J connectivity index is 2.69. The van der Waals surface area contributed by atoms with Gasteiger partial charge in [0.1, 0.15) is 6.54 Å². The van der Waals surface area contributed by atoms with Crippen molar-refractivity contribution in [1.29, 1.82) is 0 Å². The predicted octanol–water partition coefficient (Wildman–Crippen LogP) is 1.08. The maximum Gasteiger partial charge on any atom is 0.265 e. The van der Waals surface area contributed by atoms with E-state index in [0.29, 0.717) is 0 Å². The molecule has 5 heteroatoms. The van der Waals surface area contributed by atoms with E-state index < -0.39 is 5.91 Å². The van der Waals surface area contributed by atoms with Gasteiger partial charge in [-0.05, 0) is 11.6 Å². The minimum atomic E-state index is -0.478. The third-order valence-corrected chi connectivity index (χ3v) is 2.29. The molecule has 0 saturated carbocycles. The van der Waals surface area contributed by atoms with Crippen molar-refractivity contribution in [3.05, 3.63) is 42.0 Å². The molecule has 99 valence electrons. The van der Waals surface area contributed by atoms with Gasteiger partial charge in [0.15, 0.2) is 0 Å². The van der Waals surface area contributed by atoms with Gasteiger partial charge in [-0.1, -0.05) is 37.3 Å². The van der Waals surface area contributed by atoms with Crippen LogP contribution in [0.2, 0.25) is 0 Å². The van der Waals surface area contributed by atoms with E-state index in [1.165, 1.54) is 6.08 Å². The van der Waals surface area contributed by atoms with Crippen LogP contribution in [0.15, 0.2) is 36.4 Å². The molecule has 0 aliphatic carbocycles. The third-order valence-electron chi connectivity index (χ3n) is 2.29. The van der Waals surface area contributed by atoms with Crippen LogP contribution in [0.25, 0.3) is 6.08 Å². The molecule has 0 heterocycles. The predicted molar refractivity (Wildman–Crippen MR) is 71.3 cm³/mol. The molecule has 2 amide bonds. The van der Waals surface area contributed by atoms with Crippen LogP contribution in [0.5, 0.6) is 0 Å². The summed E-state index contributed by atoms with van der Waals surface area (Å²) >= 11 is 0. The molecule has 0 aromatic heterocycles. The first-order chi connectivity index (χ1) is 9.17. The Morgan fingerprint density at radius 3 is 2.58 bits per heavy atom. The van der Waals surface area contributed by atoms with Crippen LogP contribution in [-0.4, -0.2) is 29.7 Å². The first kappa shape index (κ1) is 14.6. The van der Waals surface area contributed by atoms with E-state index in [4.69, 9.17) is 0 Å². The van der Waals surface area contributed by atoms with Gasteiger partial charge >= 0.3 is 0 Å². The zero-order valence-electron chi connectivity index (χ0n) is 10.6. The minimum absolute atomic E-state index is 0.227. The van der Waals surface area contributed by atoms with Gasteiger partial charge in [-0.15, -0.1) is 0 Å². The van der Waals surface area contributed by atoms with Crippen LogP contribution >= 0.6 is 0 Å². The van der Waals surface area contributed by atoms with E-state index in [1.54, 1.807) is 19.3 Å². The Kier molecular flexibility index (Phi) is 6.02. The normalized spacial score (nSPS) is 10.2. The molecule has 1 radical (unpaired) electrons. The van der Waals surface area contributed by atoms with Crippen molar-refractivity contribution in [2.75, 3.05) is 6.54 Å². The highest BCUT2D eigenvalue weighted by Crippen LogP contribution is 2.01. The first-order valence-corrected chi connectivity index (χ1v) is 5.86. The van der Waals surface area contributed by atoms with Crippen molar-refractivity contribution < 1.29 is 14.4 Å². The molecular weight excluding hydrogens is 244 g/mol. The number of carbonyl (C=O) groups is 2. The van der Waals surface area contributed by atoms with Crippen LogP contribution in [0, 0.1) is 0 Å². The Bertz CT molecular complexity index is 469. The molecule has 0 fully saturated rings. The summed E-state index contributed by atoms with van der Waals surface area (Å²) in [4.78, 5) is 33.4. The SMILES string of the molecule is CCC(=O)NN(C[C]=O)C(=O)/C=C/c1ccccc1. The first-order valence-electron chi connectivity index (χ1n) is 5.86. The van der Waals surface area contributed by atoms with Crippen LogP contribution in [0.4, 0.5) is 0 Å². The summed E-state index contributed by atoms with van der Waals surface area (Å²) in [6, 6.07) is 9.24. The molecule has 1 rings (SSSR count). The van der Waals surface area contributed by atoms with Gasteiger partial charge < -0.3 is 0 Å². The quantitative estimate of drug-likeness (QED) is 0.635. The summed E-state index contributed by atoms with van der Waals surface area (Å²) in [5.41, 5.74) is 3.19. The maximum atomic E-state index is 11.8. The highest BCUT2D eigenvalue weighted by Gasteiger charge is 2.12. The van der Waals surface area contributed by atoms with Crippen molar-refractivity contribution in [2.45, 2.75) is 13.3 Å². The van der Waals surface area contributed by atoms with Crippen LogP contribution in [-0.2, 0) is 14.4 Å². The third kappa shape index (κ3) is 5.16. The van der Waals surface area contributed by atoms with Crippen LogP contribution in [0.3, 0.4) is 0 Å². The largest absolute Gasteiger partial charge is 0.289 e. The lowest BCUT2D eigenvalue weighted by molar-refractivity contribution is -0.136. The molecule has 1 N–H and O–H groups in total. The van der Waals surface area contributed by atoms with E-state index in [-0.39, 0.29) is 18.9 Å². The van der Waals surface area contributed by atoms with Crippen LogP contribution in [0.1, 0.15) is 18.9 Å². The number of nitrogens with zero attached hydrogens (tertiary/aromatic N) is 1. The summed E-state index contributed by atoms with van der Waals surface area (Å²) in [6.45, 7) is 1.35. The Labute approximate surface area is 111 Å². The molecule has 0 aliphatic heterocycles. The average Bonchev–Trinajstić information content (AvgIpc) is 2.45. The number of hydrogen-bond donors (Lipinski definition) is 1. The van der Waals surface area contributed by atoms with Crippen molar-refractivity contribution in [2.24, 2.45) is 0 Å². The van der Waals surface area contributed by atoms with Crippen molar-refractivity contribution in [1.82, 2.24) is 10.4 Å². The van der Waals surface area contributed by atoms with Crippen molar-refractivity contribution >= 4 is 24.2 Å². The molecule has 0 saturated heterocycles. The lowest BCUT2D eigenvalue weighted by atomic mass is 10.2. The molecule has 19 heavy (non-hydrogen) atoms. The van der Waals surface area contributed by atoms with Crippen LogP contribution < -0.4 is 5.43 Å². The maximum absolute atomic E-state index is 11.8. The van der Waals surface area contributed by atoms with E-state index in [1.807, 2.05) is 30.3 Å². The standard InChI is InChI=1S/C14H15N2O3/c1-2-13(18)15-16(10-11-17)14(19)9-8-12-6-4-3-5-7-12/h3-9H,2,10H2,1H3,(H,15,18)/b9-8+. The second-order valence-electron chi connectivity index (χ2n) is 3.70. The average molecular weight is 259 g/mol. The Hall–Kier alpha value is -2.43. The summed E-state index contributed by atoms with van der Waals surface area (Å²) in [6.07, 6.45) is 4.71. The zero-order valence-corrected chi connectivity index (χ0v) is 10.6. The Morgan fingerprint density at radius 1 is 1.32 bits per heavy atom. The number of amides is 2. The number of hydrogen-bond acceptors (Lipinski definition) is 3. The molecule has 0 atom stereocenters. The lowest BCUT2D eigenvalue weighted by Gasteiger charge is -2.18. The van der Waals surface area contributed by atoms with E-state index >= 15 is 0 Å². The monoisotopic (exact) mass is 259 g/mol. The second-order valence-corrected chi connectivity index (χ2v) is 3.70. The van der Waals surface area contributed by atoms with Gasteiger partial charge in [0, 0.05) is 12.5 Å². The van der Waals surface area contributed by atoms with Gasteiger partial charge in [-0.2, -0.15) is 0 Å². The number of rotatable bonds is 5. The number of nitrogens with one attached hydrogen (secondary N) is 1. The highest BCUT2D eigenvalue weighted by molar-refractivity contribution is 5.94. The van der Waals surface area contributed by atoms with Gasteiger partial charge in [0.05, 0.1) is 0 Å². The fourth-order valence-corrected chi connectivity index (χ4v) is 1.29. The topological polar surface area (TPSA) is 66.5 Å². The van der Waals surface area contributed by atoms with Gasteiger partial charge in [0.2, 0.25) is 12.2 Å². The van der Waals surface area contributed by atoms with E-state index in [2.05, 4.69) is 5.43 Å². The molecule has 1 aromatic carbocycles. The minimum Gasteiger partial charge on any atom is -0.289 e. The van der Waals surface area contributed by atoms with Gasteiger partial charge in [-0.3, -0.25) is 19.8 Å². The highest BCUT2D eigenvalue weighted by atomic mass is 16.2. The number of carbonyl (C=O) groups excluding carboxylic acids is 3. The van der Waals surface area contributed by atoms with Gasteiger partial charge in [0.25, 0.3) is 5.91 Å². The molecule has 0 unspecified atom stereocenters. The summed E-state index contributed by atoms with van der Waals surface area (Å²) in [5, 5.41) is 0.929. The zero-order chi connectivity index (χ0) is 14.1. The molecule has 5 nitrogen and oxygen atoms in total. The summed E-state index contributed by atoms with van der Waals surface area (Å²) in [5.74, 6) is -0.814. The second kappa shape index (κ2) is 7.81. The lowest BCUT2D eigenvalue weighted by Crippen LogP contribution is -2.46.